The maximum atomic E-state index is 14.1. The lowest BCUT2D eigenvalue weighted by Crippen LogP contribution is -2.45. The molecule has 112 valence electrons. The van der Waals surface area contributed by atoms with Gasteiger partial charge in [0.05, 0.1) is 6.61 Å². The molecule has 1 saturated heterocycles. The van der Waals surface area contributed by atoms with Crippen LogP contribution in [0.4, 0.5) is 14.5 Å². The van der Waals surface area contributed by atoms with Crippen molar-refractivity contribution in [3.63, 3.8) is 0 Å². The number of hydrogen-bond donors (Lipinski definition) is 0. The number of anilines is 1. The van der Waals surface area contributed by atoms with E-state index in [0.717, 1.165) is 13.1 Å². The second-order valence-corrected chi connectivity index (χ2v) is 4.87. The van der Waals surface area contributed by atoms with Gasteiger partial charge in [0.25, 0.3) is 0 Å². The highest BCUT2D eigenvalue weighted by atomic mass is 19.1. The maximum Gasteiger partial charge on any atom is 0.153 e. The third-order valence-corrected chi connectivity index (χ3v) is 3.37. The van der Waals surface area contributed by atoms with Crippen LogP contribution in [0.5, 0.6) is 5.75 Å². The summed E-state index contributed by atoms with van der Waals surface area (Å²) < 4.78 is 38.3. The van der Waals surface area contributed by atoms with Crippen LogP contribution in [0.2, 0.25) is 0 Å². The van der Waals surface area contributed by atoms with Crippen LogP contribution in [-0.4, -0.2) is 58.5 Å². The van der Waals surface area contributed by atoms with Crippen LogP contribution >= 0.6 is 0 Å². The zero-order valence-electron chi connectivity index (χ0n) is 11.9. The van der Waals surface area contributed by atoms with E-state index >= 15 is 0 Å². The van der Waals surface area contributed by atoms with Crippen molar-refractivity contribution in [2.45, 2.75) is 0 Å². The number of nitrogens with zero attached hydrogens (tertiary/aromatic N) is 2. The van der Waals surface area contributed by atoms with Gasteiger partial charge < -0.3 is 19.3 Å². The smallest absolute Gasteiger partial charge is 0.153 e. The van der Waals surface area contributed by atoms with Gasteiger partial charge in [-0.2, -0.15) is 0 Å². The monoisotopic (exact) mass is 286 g/mol. The molecule has 1 aromatic rings. The minimum atomic E-state index is -0.582. The van der Waals surface area contributed by atoms with E-state index in [1.165, 1.54) is 12.1 Å². The summed E-state index contributed by atoms with van der Waals surface area (Å²) in [5.74, 6) is -0.973. The van der Waals surface area contributed by atoms with Crippen LogP contribution < -0.4 is 9.64 Å². The van der Waals surface area contributed by atoms with Crippen molar-refractivity contribution in [3.05, 3.63) is 23.8 Å². The molecule has 0 bridgehead atoms. The summed E-state index contributed by atoms with van der Waals surface area (Å²) in [5, 5.41) is 0. The lowest BCUT2D eigenvalue weighted by atomic mass is 10.2. The van der Waals surface area contributed by atoms with E-state index in [2.05, 4.69) is 4.90 Å². The van der Waals surface area contributed by atoms with Gasteiger partial charge in [-0.3, -0.25) is 0 Å². The zero-order valence-corrected chi connectivity index (χ0v) is 11.9. The van der Waals surface area contributed by atoms with Crippen molar-refractivity contribution in [2.24, 2.45) is 0 Å². The Morgan fingerprint density at radius 3 is 2.20 bits per heavy atom. The van der Waals surface area contributed by atoms with Crippen LogP contribution in [0.15, 0.2) is 12.1 Å². The van der Waals surface area contributed by atoms with E-state index in [1.54, 1.807) is 12.0 Å². The highest BCUT2D eigenvalue weighted by Gasteiger charge is 2.21. The summed E-state index contributed by atoms with van der Waals surface area (Å²) in [7, 11) is 3.54. The Hall–Kier alpha value is -1.40. The first-order valence-electron chi connectivity index (χ1n) is 6.66. The number of halogens is 2. The molecular weight excluding hydrogens is 266 g/mol. The van der Waals surface area contributed by atoms with Crippen LogP contribution in [0.1, 0.15) is 0 Å². The Balaban J connectivity index is 2.10. The molecule has 1 aliphatic rings. The first kappa shape index (κ1) is 15.0. The molecule has 0 aromatic heterocycles. The van der Waals surface area contributed by atoms with Gasteiger partial charge in [-0.05, 0) is 7.05 Å². The number of rotatable bonds is 5. The van der Waals surface area contributed by atoms with E-state index in [4.69, 9.17) is 9.47 Å². The summed E-state index contributed by atoms with van der Waals surface area (Å²) in [4.78, 5) is 3.87. The Kier molecular flexibility index (Phi) is 5.14. The zero-order chi connectivity index (χ0) is 14.5. The summed E-state index contributed by atoms with van der Waals surface area (Å²) in [6, 6.07) is 2.46. The summed E-state index contributed by atoms with van der Waals surface area (Å²) >= 11 is 0. The summed E-state index contributed by atoms with van der Waals surface area (Å²) in [6.45, 7) is 3.48. The van der Waals surface area contributed by atoms with Crippen molar-refractivity contribution >= 4 is 5.69 Å². The number of ether oxygens (including phenoxy) is 2. The number of benzene rings is 1. The molecule has 0 aliphatic carbocycles. The second kappa shape index (κ2) is 6.85. The predicted molar refractivity (Wildman–Crippen MR) is 73.4 cm³/mol. The highest BCUT2D eigenvalue weighted by molar-refractivity contribution is 5.52. The Morgan fingerprint density at radius 2 is 1.65 bits per heavy atom. The molecule has 0 atom stereocenters. The Morgan fingerprint density at radius 1 is 1.05 bits per heavy atom. The molecule has 4 nitrogen and oxygen atoms in total. The van der Waals surface area contributed by atoms with Crippen LogP contribution in [0, 0.1) is 11.6 Å². The van der Waals surface area contributed by atoms with Gasteiger partial charge in [0, 0.05) is 45.4 Å². The number of hydrogen-bond acceptors (Lipinski definition) is 4. The van der Waals surface area contributed by atoms with Gasteiger partial charge in [-0.15, -0.1) is 0 Å². The van der Waals surface area contributed by atoms with Crippen molar-refractivity contribution in [2.75, 3.05) is 58.5 Å². The van der Waals surface area contributed by atoms with Crippen molar-refractivity contribution in [1.29, 1.82) is 0 Å². The number of methoxy groups -OCH3 is 1. The van der Waals surface area contributed by atoms with Crippen LogP contribution in [0.3, 0.4) is 0 Å². The van der Waals surface area contributed by atoms with Crippen molar-refractivity contribution in [1.82, 2.24) is 4.90 Å². The second-order valence-electron chi connectivity index (χ2n) is 4.87. The Labute approximate surface area is 117 Å². The first-order valence-corrected chi connectivity index (χ1v) is 6.66. The Bertz CT molecular complexity index is 426. The SMILES string of the molecule is COCCOc1cc(F)c(N2CCN(C)CC2)c(F)c1. The van der Waals surface area contributed by atoms with Crippen molar-refractivity contribution < 1.29 is 18.3 Å². The largest absolute Gasteiger partial charge is 0.491 e. The van der Waals surface area contributed by atoms with E-state index in [0.29, 0.717) is 19.7 Å². The average Bonchev–Trinajstić information content (AvgIpc) is 2.40. The molecule has 1 fully saturated rings. The molecule has 0 radical (unpaired) electrons. The third kappa shape index (κ3) is 3.58. The molecule has 0 N–H and O–H groups in total. The minimum absolute atomic E-state index is 0.0391. The molecule has 2 rings (SSSR count). The predicted octanol–water partition coefficient (Wildman–Crippen LogP) is 1.74. The summed E-state index contributed by atoms with van der Waals surface area (Å²) in [5.41, 5.74) is 0.0391. The lowest BCUT2D eigenvalue weighted by Gasteiger charge is -2.34. The fourth-order valence-electron chi connectivity index (χ4n) is 2.20. The molecule has 1 aromatic carbocycles. The molecule has 1 aliphatic heterocycles. The fraction of sp³-hybridized carbons (Fsp3) is 0.571. The van der Waals surface area contributed by atoms with Crippen molar-refractivity contribution in [3.8, 4) is 5.75 Å². The molecular formula is C14H20F2N2O2. The standard InChI is InChI=1S/C14H20F2N2O2/c1-17-3-5-18(6-4-17)14-12(15)9-11(10-13(14)16)20-8-7-19-2/h9-10H,3-8H2,1-2H3. The first-order chi connectivity index (χ1) is 9.61. The van der Waals surface area contributed by atoms with Gasteiger partial charge >= 0.3 is 0 Å². The van der Waals surface area contributed by atoms with Gasteiger partial charge in [0.1, 0.15) is 18.0 Å². The molecule has 0 saturated carbocycles. The molecule has 0 spiro atoms. The molecule has 20 heavy (non-hydrogen) atoms. The third-order valence-electron chi connectivity index (χ3n) is 3.37. The highest BCUT2D eigenvalue weighted by Crippen LogP contribution is 2.28. The molecule has 0 unspecified atom stereocenters. The fourth-order valence-corrected chi connectivity index (χ4v) is 2.20. The molecule has 1 heterocycles. The van der Waals surface area contributed by atoms with Gasteiger partial charge in [-0.1, -0.05) is 0 Å². The molecule has 6 heteroatoms. The van der Waals surface area contributed by atoms with Gasteiger partial charge in [0.15, 0.2) is 11.6 Å². The van der Waals surface area contributed by atoms with Crippen LogP contribution in [0.25, 0.3) is 0 Å². The molecule has 0 amide bonds. The minimum Gasteiger partial charge on any atom is -0.491 e. The van der Waals surface area contributed by atoms with Gasteiger partial charge in [-0.25, -0.2) is 8.78 Å². The van der Waals surface area contributed by atoms with E-state index in [9.17, 15) is 8.78 Å². The quantitative estimate of drug-likeness (QED) is 0.770. The average molecular weight is 286 g/mol. The van der Waals surface area contributed by atoms with Crippen LogP contribution in [-0.2, 0) is 4.74 Å². The number of piperazine rings is 1. The normalized spacial score (nSPS) is 16.5. The number of likely N-dealkylation sites (N-methyl/N-ethyl adjacent to an activating group) is 1. The maximum absolute atomic E-state index is 14.1. The van der Waals surface area contributed by atoms with E-state index in [-0.39, 0.29) is 18.0 Å². The lowest BCUT2D eigenvalue weighted by molar-refractivity contribution is 0.146. The van der Waals surface area contributed by atoms with Gasteiger partial charge in [0.2, 0.25) is 0 Å². The van der Waals surface area contributed by atoms with E-state index < -0.39 is 11.6 Å². The summed E-state index contributed by atoms with van der Waals surface area (Å²) in [6.07, 6.45) is 0. The topological polar surface area (TPSA) is 24.9 Å². The van der Waals surface area contributed by atoms with E-state index in [1.807, 2.05) is 7.05 Å².